The van der Waals surface area contributed by atoms with Gasteiger partial charge in [0, 0.05) is 4.47 Å². The summed E-state index contributed by atoms with van der Waals surface area (Å²) in [5, 5.41) is 9.43. The summed E-state index contributed by atoms with van der Waals surface area (Å²) in [5.74, 6) is 1.37. The maximum atomic E-state index is 9.43. The molecule has 0 aromatic heterocycles. The summed E-state index contributed by atoms with van der Waals surface area (Å²) in [6.07, 6.45) is -0.610. The van der Waals surface area contributed by atoms with E-state index in [0.29, 0.717) is 11.5 Å². The molecule has 1 aliphatic rings. The van der Waals surface area contributed by atoms with E-state index >= 15 is 0 Å². The highest BCUT2D eigenvalue weighted by Crippen LogP contribution is 2.39. The van der Waals surface area contributed by atoms with Gasteiger partial charge in [-0.3, -0.25) is 0 Å². The molecule has 2 atom stereocenters. The van der Waals surface area contributed by atoms with Gasteiger partial charge in [-0.05, 0) is 24.6 Å². The summed E-state index contributed by atoms with van der Waals surface area (Å²) in [4.78, 5) is 0. The average molecular weight is 311 g/mol. The molecule has 0 amide bonds. The van der Waals surface area contributed by atoms with Crippen LogP contribution >= 0.6 is 28.3 Å². The third kappa shape index (κ3) is 2.43. The van der Waals surface area contributed by atoms with Crippen molar-refractivity contribution < 1.29 is 14.6 Å². The molecule has 0 unspecified atom stereocenters. The van der Waals surface area contributed by atoms with Crippen LogP contribution in [-0.2, 0) is 0 Å². The minimum Gasteiger partial charge on any atom is -0.454 e. The predicted octanol–water partition coefficient (Wildman–Crippen LogP) is 1.98. The van der Waals surface area contributed by atoms with Crippen molar-refractivity contribution in [3.63, 3.8) is 0 Å². The first-order valence-corrected chi connectivity index (χ1v) is 5.41. The minimum atomic E-state index is -0.610. The molecule has 1 aromatic rings. The number of aliphatic hydroxyl groups excluding tert-OH is 1. The number of hydrogen-bond donors (Lipinski definition) is 2. The Morgan fingerprint density at radius 3 is 2.50 bits per heavy atom. The first-order chi connectivity index (χ1) is 7.09. The molecule has 6 heteroatoms. The van der Waals surface area contributed by atoms with Gasteiger partial charge in [0.15, 0.2) is 11.5 Å². The van der Waals surface area contributed by atoms with Crippen LogP contribution in [0.25, 0.3) is 0 Å². The molecule has 2 rings (SSSR count). The molecule has 16 heavy (non-hydrogen) atoms. The van der Waals surface area contributed by atoms with E-state index in [1.807, 2.05) is 0 Å². The van der Waals surface area contributed by atoms with Crippen LogP contribution in [0.4, 0.5) is 0 Å². The molecular formula is C10H13BrClNO3. The van der Waals surface area contributed by atoms with E-state index in [2.05, 4.69) is 15.9 Å². The highest BCUT2D eigenvalue weighted by atomic mass is 79.9. The SMILES string of the molecule is C[C@@H](O)[C@@H](N)c1cc2c(cc1Br)OCO2.Cl. The molecule has 4 nitrogen and oxygen atoms in total. The molecular weight excluding hydrogens is 297 g/mol. The third-order valence-corrected chi connectivity index (χ3v) is 3.06. The lowest BCUT2D eigenvalue weighted by atomic mass is 10.0. The van der Waals surface area contributed by atoms with Crippen molar-refractivity contribution in [3.8, 4) is 11.5 Å². The van der Waals surface area contributed by atoms with Crippen molar-refractivity contribution >= 4 is 28.3 Å². The Kier molecular flexibility index (Phi) is 4.43. The normalized spacial score (nSPS) is 16.5. The van der Waals surface area contributed by atoms with Gasteiger partial charge < -0.3 is 20.3 Å². The zero-order valence-corrected chi connectivity index (χ0v) is 11.0. The van der Waals surface area contributed by atoms with Gasteiger partial charge in [0.1, 0.15) is 0 Å². The molecule has 90 valence electrons. The second-order valence-corrected chi connectivity index (χ2v) is 4.35. The molecule has 0 spiro atoms. The van der Waals surface area contributed by atoms with E-state index in [9.17, 15) is 5.11 Å². The van der Waals surface area contributed by atoms with Crippen molar-refractivity contribution in [2.24, 2.45) is 5.73 Å². The number of ether oxygens (including phenoxy) is 2. The van der Waals surface area contributed by atoms with Gasteiger partial charge in [-0.2, -0.15) is 0 Å². The summed E-state index contributed by atoms with van der Waals surface area (Å²) in [6.45, 7) is 1.89. The number of rotatable bonds is 2. The monoisotopic (exact) mass is 309 g/mol. The number of halogens is 2. The van der Waals surface area contributed by atoms with Crippen LogP contribution in [0.3, 0.4) is 0 Å². The van der Waals surface area contributed by atoms with Gasteiger partial charge in [-0.25, -0.2) is 0 Å². The molecule has 1 heterocycles. The van der Waals surface area contributed by atoms with Crippen LogP contribution in [-0.4, -0.2) is 18.0 Å². The fourth-order valence-corrected chi connectivity index (χ4v) is 2.03. The van der Waals surface area contributed by atoms with Gasteiger partial charge in [0.05, 0.1) is 12.1 Å². The largest absolute Gasteiger partial charge is 0.454 e. The lowest BCUT2D eigenvalue weighted by Gasteiger charge is -2.17. The van der Waals surface area contributed by atoms with Crippen LogP contribution in [0.5, 0.6) is 11.5 Å². The third-order valence-electron chi connectivity index (χ3n) is 2.37. The van der Waals surface area contributed by atoms with E-state index in [4.69, 9.17) is 15.2 Å². The zero-order valence-electron chi connectivity index (χ0n) is 8.64. The van der Waals surface area contributed by atoms with Crippen LogP contribution in [0.2, 0.25) is 0 Å². The Morgan fingerprint density at radius 1 is 1.38 bits per heavy atom. The molecule has 0 fully saturated rings. The van der Waals surface area contributed by atoms with E-state index in [0.717, 1.165) is 10.0 Å². The first-order valence-electron chi connectivity index (χ1n) is 4.62. The smallest absolute Gasteiger partial charge is 0.231 e. The quantitative estimate of drug-likeness (QED) is 0.877. The molecule has 0 radical (unpaired) electrons. The van der Waals surface area contributed by atoms with E-state index < -0.39 is 12.1 Å². The molecule has 3 N–H and O–H groups in total. The summed E-state index contributed by atoms with van der Waals surface area (Å²) in [7, 11) is 0. The summed E-state index contributed by atoms with van der Waals surface area (Å²) in [6, 6.07) is 3.16. The van der Waals surface area contributed by atoms with Gasteiger partial charge in [-0.1, -0.05) is 15.9 Å². The van der Waals surface area contributed by atoms with Gasteiger partial charge in [0.2, 0.25) is 6.79 Å². The summed E-state index contributed by atoms with van der Waals surface area (Å²) < 4.78 is 11.3. The van der Waals surface area contributed by atoms with Gasteiger partial charge >= 0.3 is 0 Å². The standard InChI is InChI=1S/C10H12BrNO3.ClH/c1-5(13)10(12)6-2-8-9(3-7(6)11)15-4-14-8;/h2-3,5,10,13H,4,12H2,1H3;1H/t5-,10-;/m1./s1. The van der Waals surface area contributed by atoms with E-state index in [-0.39, 0.29) is 19.2 Å². The number of fused-ring (bicyclic) bond motifs is 1. The Hall–Kier alpha value is -0.490. The first kappa shape index (κ1) is 13.6. The number of nitrogens with two attached hydrogens (primary N) is 1. The number of aliphatic hydroxyl groups is 1. The fourth-order valence-electron chi connectivity index (χ4n) is 1.45. The lowest BCUT2D eigenvalue weighted by Crippen LogP contribution is -2.23. The minimum absolute atomic E-state index is 0. The molecule has 0 aliphatic carbocycles. The number of benzene rings is 1. The van der Waals surface area contributed by atoms with Crippen LogP contribution < -0.4 is 15.2 Å². The summed E-state index contributed by atoms with van der Waals surface area (Å²) in [5.41, 5.74) is 6.67. The second kappa shape index (κ2) is 5.23. The van der Waals surface area contributed by atoms with Gasteiger partial charge in [-0.15, -0.1) is 12.4 Å². The Morgan fingerprint density at radius 2 is 1.94 bits per heavy atom. The molecule has 0 saturated heterocycles. The zero-order chi connectivity index (χ0) is 11.0. The highest BCUT2D eigenvalue weighted by Gasteiger charge is 2.21. The summed E-state index contributed by atoms with van der Waals surface area (Å²) >= 11 is 3.39. The van der Waals surface area contributed by atoms with Crippen LogP contribution in [0.1, 0.15) is 18.5 Å². The lowest BCUT2D eigenvalue weighted by molar-refractivity contribution is 0.163. The second-order valence-electron chi connectivity index (χ2n) is 3.49. The van der Waals surface area contributed by atoms with Crippen molar-refractivity contribution in [3.05, 3.63) is 22.2 Å². The van der Waals surface area contributed by atoms with E-state index in [1.165, 1.54) is 0 Å². The van der Waals surface area contributed by atoms with E-state index in [1.54, 1.807) is 19.1 Å². The van der Waals surface area contributed by atoms with Crippen LogP contribution in [0.15, 0.2) is 16.6 Å². The molecule has 0 saturated carbocycles. The highest BCUT2D eigenvalue weighted by molar-refractivity contribution is 9.10. The maximum Gasteiger partial charge on any atom is 0.231 e. The van der Waals surface area contributed by atoms with Crippen molar-refractivity contribution in [2.75, 3.05) is 6.79 Å². The molecule has 1 aliphatic heterocycles. The predicted molar refractivity (Wildman–Crippen MR) is 66.1 cm³/mol. The van der Waals surface area contributed by atoms with Crippen LogP contribution in [0, 0.1) is 0 Å². The molecule has 1 aromatic carbocycles. The topological polar surface area (TPSA) is 64.7 Å². The van der Waals surface area contributed by atoms with Gasteiger partial charge in [0.25, 0.3) is 0 Å². The molecule has 0 bridgehead atoms. The Labute approximate surface area is 108 Å². The van der Waals surface area contributed by atoms with Crippen molar-refractivity contribution in [1.82, 2.24) is 0 Å². The van der Waals surface area contributed by atoms with Crippen molar-refractivity contribution in [2.45, 2.75) is 19.1 Å². The Bertz CT molecular complexity index is 387. The number of hydrogen-bond acceptors (Lipinski definition) is 4. The maximum absolute atomic E-state index is 9.43. The fraction of sp³-hybridized carbons (Fsp3) is 0.400. The van der Waals surface area contributed by atoms with Crippen molar-refractivity contribution in [1.29, 1.82) is 0 Å². The Balaban J connectivity index is 0.00000128. The average Bonchev–Trinajstić information content (AvgIpc) is 2.62.